The summed E-state index contributed by atoms with van der Waals surface area (Å²) in [5.41, 5.74) is 2.21. The molecule has 0 bridgehead atoms. The van der Waals surface area contributed by atoms with Crippen LogP contribution >= 0.6 is 23.4 Å². The molecule has 1 aromatic heterocycles. The number of nitrogens with zero attached hydrogens (tertiary/aromatic N) is 3. The van der Waals surface area contributed by atoms with Crippen molar-refractivity contribution < 1.29 is 9.18 Å². The summed E-state index contributed by atoms with van der Waals surface area (Å²) in [6.07, 6.45) is 0. The molecule has 144 valence electrons. The second kappa shape index (κ2) is 8.59. The molecule has 3 aromatic carbocycles. The normalized spacial score (nSPS) is 10.8. The number of ketones is 1. The molecule has 0 fully saturated rings. The molecular formula is C22H15ClFN3OS. The second-order valence-corrected chi connectivity index (χ2v) is 7.58. The van der Waals surface area contributed by atoms with Crippen LogP contribution in [0.3, 0.4) is 0 Å². The topological polar surface area (TPSA) is 47.8 Å². The number of halogens is 2. The van der Waals surface area contributed by atoms with E-state index in [1.54, 1.807) is 12.1 Å². The van der Waals surface area contributed by atoms with Crippen molar-refractivity contribution >= 4 is 29.1 Å². The molecular weight excluding hydrogens is 409 g/mol. The summed E-state index contributed by atoms with van der Waals surface area (Å²) >= 11 is 7.29. The van der Waals surface area contributed by atoms with Crippen LogP contribution in [0.25, 0.3) is 17.1 Å². The minimum atomic E-state index is -0.370. The summed E-state index contributed by atoms with van der Waals surface area (Å²) in [7, 11) is 0. The van der Waals surface area contributed by atoms with Crippen LogP contribution in [0.2, 0.25) is 5.02 Å². The number of hydrogen-bond acceptors (Lipinski definition) is 4. The van der Waals surface area contributed by atoms with Crippen LogP contribution in [-0.4, -0.2) is 26.3 Å². The van der Waals surface area contributed by atoms with Crippen LogP contribution in [0.15, 0.2) is 84.0 Å². The molecule has 0 aliphatic rings. The molecule has 1 heterocycles. The Bertz CT molecular complexity index is 1130. The number of carbonyl (C=O) groups is 1. The van der Waals surface area contributed by atoms with Gasteiger partial charge in [-0.2, -0.15) is 0 Å². The lowest BCUT2D eigenvalue weighted by molar-refractivity contribution is 0.102. The number of aromatic nitrogens is 3. The van der Waals surface area contributed by atoms with Gasteiger partial charge in [-0.05, 0) is 60.7 Å². The highest BCUT2D eigenvalue weighted by molar-refractivity contribution is 7.99. The molecule has 0 unspecified atom stereocenters. The van der Waals surface area contributed by atoms with Crippen molar-refractivity contribution in [2.75, 3.05) is 5.75 Å². The summed E-state index contributed by atoms with van der Waals surface area (Å²) in [4.78, 5) is 12.5. The van der Waals surface area contributed by atoms with Gasteiger partial charge in [0.1, 0.15) is 5.82 Å². The van der Waals surface area contributed by atoms with Gasteiger partial charge in [-0.15, -0.1) is 10.2 Å². The SMILES string of the molecule is O=C(CSc1nnc(-c2ccc(Cl)cc2)n1-c1ccccc1)c1ccc(F)cc1. The van der Waals surface area contributed by atoms with Crippen LogP contribution < -0.4 is 0 Å². The highest BCUT2D eigenvalue weighted by Crippen LogP contribution is 2.29. The third kappa shape index (κ3) is 4.39. The molecule has 0 amide bonds. The van der Waals surface area contributed by atoms with E-state index in [0.717, 1.165) is 11.3 Å². The van der Waals surface area contributed by atoms with E-state index in [0.29, 0.717) is 21.6 Å². The first kappa shape index (κ1) is 19.4. The lowest BCUT2D eigenvalue weighted by atomic mass is 10.1. The van der Waals surface area contributed by atoms with E-state index in [1.165, 1.54) is 36.0 Å². The summed E-state index contributed by atoms with van der Waals surface area (Å²) < 4.78 is 15.0. The molecule has 4 rings (SSSR count). The Kier molecular flexibility index (Phi) is 5.74. The van der Waals surface area contributed by atoms with Crippen LogP contribution in [0.4, 0.5) is 4.39 Å². The lowest BCUT2D eigenvalue weighted by Crippen LogP contribution is -2.05. The van der Waals surface area contributed by atoms with Crippen molar-refractivity contribution in [1.82, 2.24) is 14.8 Å². The summed E-state index contributed by atoms with van der Waals surface area (Å²) in [5.74, 6) is 0.345. The minimum absolute atomic E-state index is 0.106. The number of thioether (sulfide) groups is 1. The molecule has 0 N–H and O–H groups in total. The molecule has 0 atom stereocenters. The van der Waals surface area contributed by atoms with Crippen LogP contribution in [0, 0.1) is 5.82 Å². The maximum Gasteiger partial charge on any atom is 0.196 e. The quantitative estimate of drug-likeness (QED) is 0.295. The van der Waals surface area contributed by atoms with Gasteiger partial charge in [0.25, 0.3) is 0 Å². The molecule has 0 spiro atoms. The van der Waals surface area contributed by atoms with Gasteiger partial charge >= 0.3 is 0 Å². The molecule has 29 heavy (non-hydrogen) atoms. The van der Waals surface area contributed by atoms with Gasteiger partial charge in [-0.25, -0.2) is 4.39 Å². The van der Waals surface area contributed by atoms with Crippen LogP contribution in [-0.2, 0) is 0 Å². The highest BCUT2D eigenvalue weighted by Gasteiger charge is 2.17. The Hall–Kier alpha value is -2.96. The van der Waals surface area contributed by atoms with E-state index >= 15 is 0 Å². The standard InChI is InChI=1S/C22H15ClFN3OS/c23-17-10-6-16(7-11-17)21-25-26-22(27(21)19-4-2-1-3-5-19)29-14-20(28)15-8-12-18(24)13-9-15/h1-13H,14H2. The van der Waals surface area contributed by atoms with Gasteiger partial charge in [0.2, 0.25) is 0 Å². The van der Waals surface area contributed by atoms with Gasteiger partial charge in [0, 0.05) is 21.8 Å². The Balaban J connectivity index is 1.65. The fraction of sp³-hybridized carbons (Fsp3) is 0.0455. The number of para-hydroxylation sites is 1. The Morgan fingerprint density at radius 3 is 2.31 bits per heavy atom. The van der Waals surface area contributed by atoms with Crippen molar-refractivity contribution in [3.05, 3.63) is 95.3 Å². The molecule has 0 aliphatic carbocycles. The monoisotopic (exact) mass is 423 g/mol. The predicted molar refractivity (Wildman–Crippen MR) is 113 cm³/mol. The van der Waals surface area contributed by atoms with Gasteiger partial charge in [-0.3, -0.25) is 9.36 Å². The fourth-order valence-corrected chi connectivity index (χ4v) is 3.78. The van der Waals surface area contributed by atoms with E-state index in [4.69, 9.17) is 11.6 Å². The largest absolute Gasteiger partial charge is 0.293 e. The molecule has 4 aromatic rings. The fourth-order valence-electron chi connectivity index (χ4n) is 2.81. The van der Waals surface area contributed by atoms with Crippen molar-refractivity contribution in [3.8, 4) is 17.1 Å². The van der Waals surface area contributed by atoms with Crippen molar-refractivity contribution in [2.24, 2.45) is 0 Å². The number of benzene rings is 3. The zero-order valence-electron chi connectivity index (χ0n) is 15.1. The number of carbonyl (C=O) groups excluding carboxylic acids is 1. The highest BCUT2D eigenvalue weighted by atomic mass is 35.5. The first-order chi connectivity index (χ1) is 14.1. The summed E-state index contributed by atoms with van der Waals surface area (Å²) in [6, 6.07) is 22.6. The lowest BCUT2D eigenvalue weighted by Gasteiger charge is -2.10. The van der Waals surface area contributed by atoms with E-state index in [2.05, 4.69) is 10.2 Å². The van der Waals surface area contributed by atoms with E-state index in [-0.39, 0.29) is 17.4 Å². The molecule has 4 nitrogen and oxygen atoms in total. The van der Waals surface area contributed by atoms with E-state index in [9.17, 15) is 9.18 Å². The van der Waals surface area contributed by atoms with Crippen molar-refractivity contribution in [1.29, 1.82) is 0 Å². The number of rotatable bonds is 6. The van der Waals surface area contributed by atoms with Crippen molar-refractivity contribution in [3.63, 3.8) is 0 Å². The van der Waals surface area contributed by atoms with Gasteiger partial charge in [0.05, 0.1) is 5.75 Å². The second-order valence-electron chi connectivity index (χ2n) is 6.20. The maximum atomic E-state index is 13.1. The Labute approximate surface area is 176 Å². The third-order valence-electron chi connectivity index (χ3n) is 4.25. The average molecular weight is 424 g/mol. The molecule has 0 aliphatic heterocycles. The van der Waals surface area contributed by atoms with Crippen LogP contribution in [0.5, 0.6) is 0 Å². The Morgan fingerprint density at radius 2 is 1.62 bits per heavy atom. The third-order valence-corrected chi connectivity index (χ3v) is 5.43. The zero-order chi connectivity index (χ0) is 20.2. The number of Topliss-reactive ketones (excluding diaryl/α,β-unsaturated/α-hetero) is 1. The van der Waals surface area contributed by atoms with Gasteiger partial charge in [-0.1, -0.05) is 41.6 Å². The van der Waals surface area contributed by atoms with Gasteiger partial charge < -0.3 is 0 Å². The predicted octanol–water partition coefficient (Wildman–Crippen LogP) is 5.70. The molecule has 0 saturated heterocycles. The van der Waals surface area contributed by atoms with Crippen molar-refractivity contribution in [2.45, 2.75) is 5.16 Å². The Morgan fingerprint density at radius 1 is 0.931 bits per heavy atom. The van der Waals surface area contributed by atoms with E-state index in [1.807, 2.05) is 47.0 Å². The van der Waals surface area contributed by atoms with Crippen LogP contribution in [0.1, 0.15) is 10.4 Å². The smallest absolute Gasteiger partial charge is 0.196 e. The van der Waals surface area contributed by atoms with E-state index < -0.39 is 0 Å². The first-order valence-corrected chi connectivity index (χ1v) is 10.2. The zero-order valence-corrected chi connectivity index (χ0v) is 16.7. The summed E-state index contributed by atoms with van der Waals surface area (Å²) in [5, 5.41) is 9.88. The average Bonchev–Trinajstić information content (AvgIpc) is 3.17. The minimum Gasteiger partial charge on any atom is -0.293 e. The molecule has 0 saturated carbocycles. The first-order valence-electron chi connectivity index (χ1n) is 8.80. The van der Waals surface area contributed by atoms with Gasteiger partial charge in [0.15, 0.2) is 16.8 Å². The summed E-state index contributed by atoms with van der Waals surface area (Å²) in [6.45, 7) is 0. The maximum absolute atomic E-state index is 13.1. The molecule has 0 radical (unpaired) electrons. The molecule has 7 heteroatoms. The number of hydrogen-bond donors (Lipinski definition) is 0.